The zero-order valence-electron chi connectivity index (χ0n) is 12.5. The lowest BCUT2D eigenvalue weighted by Gasteiger charge is -2.10. The van der Waals surface area contributed by atoms with Crippen LogP contribution in [0, 0.1) is 13.8 Å². The number of aromatic nitrogens is 2. The molecular formula is C16H21N3O. The van der Waals surface area contributed by atoms with E-state index in [0.29, 0.717) is 5.88 Å². The number of rotatable bonds is 5. The first-order chi connectivity index (χ1) is 9.62. The first kappa shape index (κ1) is 14.3. The van der Waals surface area contributed by atoms with Crippen molar-refractivity contribution in [2.24, 2.45) is 0 Å². The van der Waals surface area contributed by atoms with Crippen molar-refractivity contribution in [3.63, 3.8) is 0 Å². The van der Waals surface area contributed by atoms with E-state index >= 15 is 0 Å². The highest BCUT2D eigenvalue weighted by Crippen LogP contribution is 2.24. The predicted molar refractivity (Wildman–Crippen MR) is 81.6 cm³/mol. The lowest BCUT2D eigenvalue weighted by molar-refractivity contribution is 0.458. The van der Waals surface area contributed by atoms with Crippen molar-refractivity contribution >= 4 is 5.82 Å². The molecule has 0 saturated heterocycles. The molecule has 106 valence electrons. The first-order valence-electron chi connectivity index (χ1n) is 6.99. The molecular weight excluding hydrogens is 250 g/mol. The van der Waals surface area contributed by atoms with Crippen LogP contribution in [0.25, 0.3) is 0 Å². The molecule has 0 aliphatic carbocycles. The molecule has 0 radical (unpaired) electrons. The van der Waals surface area contributed by atoms with E-state index in [-0.39, 0.29) is 0 Å². The van der Waals surface area contributed by atoms with E-state index in [1.807, 2.05) is 32.0 Å². The van der Waals surface area contributed by atoms with Crippen LogP contribution in [-0.4, -0.2) is 16.5 Å². The SMILES string of the molecule is CCNc1cc(Oc2ccc(C)c(C)c2)nc(CC)n1. The highest BCUT2D eigenvalue weighted by molar-refractivity contribution is 5.41. The van der Waals surface area contributed by atoms with Gasteiger partial charge in [0.25, 0.3) is 0 Å². The van der Waals surface area contributed by atoms with Crippen LogP contribution in [0.15, 0.2) is 24.3 Å². The fourth-order valence-electron chi connectivity index (χ4n) is 1.85. The first-order valence-corrected chi connectivity index (χ1v) is 6.99. The maximum atomic E-state index is 5.85. The highest BCUT2D eigenvalue weighted by atomic mass is 16.5. The summed E-state index contributed by atoms with van der Waals surface area (Å²) in [5, 5.41) is 3.20. The van der Waals surface area contributed by atoms with Gasteiger partial charge in [0, 0.05) is 19.0 Å². The maximum absolute atomic E-state index is 5.85. The average molecular weight is 271 g/mol. The highest BCUT2D eigenvalue weighted by Gasteiger charge is 2.06. The molecule has 4 nitrogen and oxygen atoms in total. The average Bonchev–Trinajstić information content (AvgIpc) is 2.43. The number of benzene rings is 1. The third kappa shape index (κ3) is 3.47. The molecule has 0 amide bonds. The standard InChI is InChI=1S/C16H21N3O/c1-5-14-18-15(17-6-2)10-16(19-14)20-13-8-7-11(3)12(4)9-13/h7-10H,5-6H2,1-4H3,(H,17,18,19). The minimum Gasteiger partial charge on any atom is -0.439 e. The van der Waals surface area contributed by atoms with Crippen molar-refractivity contribution in [1.29, 1.82) is 0 Å². The van der Waals surface area contributed by atoms with Gasteiger partial charge in [-0.15, -0.1) is 0 Å². The molecule has 2 aromatic rings. The van der Waals surface area contributed by atoms with Crippen LogP contribution in [0.5, 0.6) is 11.6 Å². The molecule has 0 atom stereocenters. The van der Waals surface area contributed by atoms with Gasteiger partial charge in [0.05, 0.1) is 0 Å². The summed E-state index contributed by atoms with van der Waals surface area (Å²) in [5.74, 6) is 2.97. The van der Waals surface area contributed by atoms with Crippen molar-refractivity contribution in [3.8, 4) is 11.6 Å². The van der Waals surface area contributed by atoms with Crippen LogP contribution in [0.1, 0.15) is 30.8 Å². The van der Waals surface area contributed by atoms with E-state index in [9.17, 15) is 0 Å². The monoisotopic (exact) mass is 271 g/mol. The van der Waals surface area contributed by atoms with Gasteiger partial charge in [0.15, 0.2) is 0 Å². The Labute approximate surface area is 120 Å². The molecule has 0 spiro atoms. The zero-order chi connectivity index (χ0) is 14.5. The van der Waals surface area contributed by atoms with Crippen molar-refractivity contribution < 1.29 is 4.74 Å². The number of hydrogen-bond acceptors (Lipinski definition) is 4. The summed E-state index contributed by atoms with van der Waals surface area (Å²) in [6.45, 7) is 9.05. The molecule has 0 bridgehead atoms. The van der Waals surface area contributed by atoms with Gasteiger partial charge in [-0.1, -0.05) is 13.0 Å². The van der Waals surface area contributed by atoms with E-state index in [1.54, 1.807) is 0 Å². The topological polar surface area (TPSA) is 47.0 Å². The van der Waals surface area contributed by atoms with Gasteiger partial charge in [-0.05, 0) is 44.0 Å². The molecule has 0 aliphatic heterocycles. The summed E-state index contributed by atoms with van der Waals surface area (Å²) in [4.78, 5) is 8.82. The fraction of sp³-hybridized carbons (Fsp3) is 0.375. The smallest absolute Gasteiger partial charge is 0.224 e. The van der Waals surface area contributed by atoms with Crippen molar-refractivity contribution in [2.45, 2.75) is 34.1 Å². The summed E-state index contributed by atoms with van der Waals surface area (Å²) in [5.41, 5.74) is 2.46. The number of ether oxygens (including phenoxy) is 1. The minimum atomic E-state index is 0.580. The number of nitrogens with one attached hydrogen (secondary N) is 1. The van der Waals surface area contributed by atoms with Gasteiger partial charge in [0.1, 0.15) is 17.4 Å². The quantitative estimate of drug-likeness (QED) is 0.896. The Morgan fingerprint density at radius 3 is 2.50 bits per heavy atom. The Morgan fingerprint density at radius 1 is 1.05 bits per heavy atom. The van der Waals surface area contributed by atoms with Crippen LogP contribution >= 0.6 is 0 Å². The van der Waals surface area contributed by atoms with Gasteiger partial charge < -0.3 is 10.1 Å². The van der Waals surface area contributed by atoms with Crippen LogP contribution in [0.2, 0.25) is 0 Å². The van der Waals surface area contributed by atoms with Crippen molar-refractivity contribution in [1.82, 2.24) is 9.97 Å². The van der Waals surface area contributed by atoms with E-state index in [2.05, 4.69) is 35.2 Å². The molecule has 1 N–H and O–H groups in total. The number of aryl methyl sites for hydroxylation is 3. The van der Waals surface area contributed by atoms with Gasteiger partial charge in [-0.3, -0.25) is 0 Å². The summed E-state index contributed by atoms with van der Waals surface area (Å²) in [6.07, 6.45) is 0.780. The number of anilines is 1. The van der Waals surface area contributed by atoms with Crippen molar-refractivity contribution in [2.75, 3.05) is 11.9 Å². The molecule has 4 heteroatoms. The Bertz CT molecular complexity index is 596. The lowest BCUT2D eigenvalue weighted by atomic mass is 10.1. The van der Waals surface area contributed by atoms with Gasteiger partial charge in [-0.2, -0.15) is 4.98 Å². The van der Waals surface area contributed by atoms with E-state index in [0.717, 1.165) is 30.4 Å². The second kappa shape index (κ2) is 6.37. The fourth-order valence-corrected chi connectivity index (χ4v) is 1.85. The van der Waals surface area contributed by atoms with Crippen LogP contribution in [-0.2, 0) is 6.42 Å². The molecule has 0 aliphatic rings. The van der Waals surface area contributed by atoms with Crippen LogP contribution in [0.3, 0.4) is 0 Å². The zero-order valence-corrected chi connectivity index (χ0v) is 12.5. The van der Waals surface area contributed by atoms with Crippen molar-refractivity contribution in [3.05, 3.63) is 41.2 Å². The lowest BCUT2D eigenvalue weighted by Crippen LogP contribution is -2.04. The summed E-state index contributed by atoms with van der Waals surface area (Å²) >= 11 is 0. The normalized spacial score (nSPS) is 10.4. The molecule has 0 unspecified atom stereocenters. The minimum absolute atomic E-state index is 0.580. The maximum Gasteiger partial charge on any atom is 0.224 e. The van der Waals surface area contributed by atoms with Crippen LogP contribution in [0.4, 0.5) is 5.82 Å². The second-order valence-corrected chi connectivity index (χ2v) is 4.74. The third-order valence-corrected chi connectivity index (χ3v) is 3.12. The Morgan fingerprint density at radius 2 is 1.85 bits per heavy atom. The summed E-state index contributed by atoms with van der Waals surface area (Å²) in [6, 6.07) is 7.87. The molecule has 0 fully saturated rings. The molecule has 2 rings (SSSR count). The number of hydrogen-bond donors (Lipinski definition) is 1. The van der Waals surface area contributed by atoms with Crippen LogP contribution < -0.4 is 10.1 Å². The third-order valence-electron chi connectivity index (χ3n) is 3.12. The van der Waals surface area contributed by atoms with Gasteiger partial charge >= 0.3 is 0 Å². The Balaban J connectivity index is 2.27. The molecule has 1 aromatic carbocycles. The molecule has 0 saturated carbocycles. The Kier molecular flexibility index (Phi) is 4.56. The van der Waals surface area contributed by atoms with Gasteiger partial charge in [0.2, 0.25) is 5.88 Å². The predicted octanol–water partition coefficient (Wildman–Crippen LogP) is 3.88. The Hall–Kier alpha value is -2.10. The molecule has 20 heavy (non-hydrogen) atoms. The molecule has 1 aromatic heterocycles. The van der Waals surface area contributed by atoms with E-state index in [4.69, 9.17) is 4.74 Å². The number of nitrogens with zero attached hydrogens (tertiary/aromatic N) is 2. The second-order valence-electron chi connectivity index (χ2n) is 4.74. The summed E-state index contributed by atoms with van der Waals surface area (Å²) in [7, 11) is 0. The summed E-state index contributed by atoms with van der Waals surface area (Å²) < 4.78 is 5.85. The van der Waals surface area contributed by atoms with E-state index in [1.165, 1.54) is 11.1 Å². The van der Waals surface area contributed by atoms with E-state index < -0.39 is 0 Å². The molecule has 1 heterocycles. The largest absolute Gasteiger partial charge is 0.439 e. The van der Waals surface area contributed by atoms with Gasteiger partial charge in [-0.25, -0.2) is 4.98 Å².